The van der Waals surface area contributed by atoms with Gasteiger partial charge in [0, 0.05) is 31.6 Å². The number of aryl methyl sites for hydroxylation is 1. The van der Waals surface area contributed by atoms with Crippen LogP contribution in [0.1, 0.15) is 31.5 Å². The predicted octanol–water partition coefficient (Wildman–Crippen LogP) is 1.31. The van der Waals surface area contributed by atoms with Gasteiger partial charge in [-0.15, -0.1) is 0 Å². The fraction of sp³-hybridized carbons (Fsp3) is 0.786. The zero-order valence-electron chi connectivity index (χ0n) is 12.7. The SMILES string of the molecule is Cc1ncc([N+](=O)[O-])n1CCN(C)C1CC2CCC(C1)N2. The Balaban J connectivity index is 1.60. The minimum Gasteiger partial charge on any atom is -0.358 e. The van der Waals surface area contributed by atoms with Crippen molar-refractivity contribution < 1.29 is 4.92 Å². The van der Waals surface area contributed by atoms with Crippen LogP contribution >= 0.6 is 0 Å². The number of piperidine rings is 1. The highest BCUT2D eigenvalue weighted by Gasteiger charge is 2.35. The summed E-state index contributed by atoms with van der Waals surface area (Å²) in [4.78, 5) is 17.1. The van der Waals surface area contributed by atoms with E-state index in [0.29, 0.717) is 30.5 Å². The van der Waals surface area contributed by atoms with E-state index in [-0.39, 0.29) is 10.7 Å². The van der Waals surface area contributed by atoms with Crippen molar-refractivity contribution in [3.05, 3.63) is 22.1 Å². The van der Waals surface area contributed by atoms with Crippen LogP contribution in [0.4, 0.5) is 5.82 Å². The Bertz CT molecular complexity index is 517. The number of aromatic nitrogens is 2. The molecule has 2 unspecified atom stereocenters. The van der Waals surface area contributed by atoms with E-state index in [1.807, 2.05) is 6.92 Å². The van der Waals surface area contributed by atoms with Crippen molar-refractivity contribution in [2.75, 3.05) is 13.6 Å². The quantitative estimate of drug-likeness (QED) is 0.654. The van der Waals surface area contributed by atoms with Gasteiger partial charge in [0.25, 0.3) is 0 Å². The van der Waals surface area contributed by atoms with Gasteiger partial charge in [-0.2, -0.15) is 0 Å². The highest BCUT2D eigenvalue weighted by atomic mass is 16.6. The summed E-state index contributed by atoms with van der Waals surface area (Å²) < 4.78 is 1.70. The first-order chi connectivity index (χ1) is 10.0. The minimum atomic E-state index is -0.356. The number of nitro groups is 1. The van der Waals surface area contributed by atoms with Crippen molar-refractivity contribution in [3.63, 3.8) is 0 Å². The fourth-order valence-electron chi connectivity index (χ4n) is 3.71. The molecule has 7 heteroatoms. The van der Waals surface area contributed by atoms with Crippen molar-refractivity contribution >= 4 is 5.82 Å². The van der Waals surface area contributed by atoms with Gasteiger partial charge in [-0.3, -0.25) is 4.90 Å². The molecule has 0 amide bonds. The molecule has 0 aromatic carbocycles. The van der Waals surface area contributed by atoms with Crippen LogP contribution in [0.15, 0.2) is 6.20 Å². The lowest BCUT2D eigenvalue weighted by Crippen LogP contribution is -2.47. The van der Waals surface area contributed by atoms with Crippen LogP contribution in [-0.4, -0.2) is 51.1 Å². The van der Waals surface area contributed by atoms with E-state index in [9.17, 15) is 10.1 Å². The fourth-order valence-corrected chi connectivity index (χ4v) is 3.71. The van der Waals surface area contributed by atoms with E-state index in [4.69, 9.17) is 0 Å². The summed E-state index contributed by atoms with van der Waals surface area (Å²) in [6.07, 6.45) is 6.32. The maximum atomic E-state index is 11.0. The molecule has 116 valence electrons. The summed E-state index contributed by atoms with van der Waals surface area (Å²) in [6, 6.07) is 1.92. The number of nitrogens with one attached hydrogen (secondary N) is 1. The predicted molar refractivity (Wildman–Crippen MR) is 79.2 cm³/mol. The molecule has 3 rings (SSSR count). The van der Waals surface area contributed by atoms with Crippen molar-refractivity contribution in [3.8, 4) is 0 Å². The summed E-state index contributed by atoms with van der Waals surface area (Å²) in [5.74, 6) is 0.798. The van der Waals surface area contributed by atoms with Gasteiger partial charge in [-0.1, -0.05) is 0 Å². The molecular formula is C14H23N5O2. The molecule has 0 saturated carbocycles. The molecule has 0 aliphatic carbocycles. The Morgan fingerprint density at radius 3 is 2.76 bits per heavy atom. The zero-order chi connectivity index (χ0) is 15.0. The molecule has 2 aliphatic heterocycles. The second-order valence-electron chi connectivity index (χ2n) is 6.32. The third kappa shape index (κ3) is 2.94. The van der Waals surface area contributed by atoms with Crippen LogP contribution in [0.2, 0.25) is 0 Å². The zero-order valence-corrected chi connectivity index (χ0v) is 12.7. The minimum absolute atomic E-state index is 0.0891. The van der Waals surface area contributed by atoms with Crippen LogP contribution in [0.25, 0.3) is 0 Å². The lowest BCUT2D eigenvalue weighted by atomic mass is 9.98. The lowest BCUT2D eigenvalue weighted by molar-refractivity contribution is -0.392. The van der Waals surface area contributed by atoms with E-state index in [1.165, 1.54) is 31.9 Å². The molecule has 2 atom stereocenters. The Labute approximate surface area is 124 Å². The van der Waals surface area contributed by atoms with Crippen molar-refractivity contribution in [1.82, 2.24) is 19.8 Å². The number of hydrogen-bond donors (Lipinski definition) is 1. The second-order valence-corrected chi connectivity index (χ2v) is 6.32. The largest absolute Gasteiger partial charge is 0.358 e. The maximum absolute atomic E-state index is 11.0. The van der Waals surface area contributed by atoms with E-state index in [1.54, 1.807) is 4.57 Å². The van der Waals surface area contributed by atoms with E-state index >= 15 is 0 Å². The van der Waals surface area contributed by atoms with Gasteiger partial charge in [-0.25, -0.2) is 9.55 Å². The summed E-state index contributed by atoms with van der Waals surface area (Å²) >= 11 is 0. The van der Waals surface area contributed by atoms with Gasteiger partial charge in [-0.05, 0) is 37.7 Å². The van der Waals surface area contributed by atoms with Gasteiger partial charge in [0.15, 0.2) is 5.82 Å². The molecule has 2 saturated heterocycles. The van der Waals surface area contributed by atoms with Crippen LogP contribution in [-0.2, 0) is 6.54 Å². The Morgan fingerprint density at radius 2 is 2.14 bits per heavy atom. The van der Waals surface area contributed by atoms with E-state index < -0.39 is 0 Å². The number of fused-ring (bicyclic) bond motifs is 2. The third-order valence-electron chi connectivity index (χ3n) is 4.97. The average Bonchev–Trinajstić information content (AvgIpc) is 2.98. The molecule has 1 aromatic heterocycles. The Hall–Kier alpha value is -1.47. The number of imidazole rings is 1. The van der Waals surface area contributed by atoms with Crippen LogP contribution in [0.5, 0.6) is 0 Å². The molecule has 1 N–H and O–H groups in total. The normalized spacial score (nSPS) is 28.2. The highest BCUT2D eigenvalue weighted by Crippen LogP contribution is 2.29. The van der Waals surface area contributed by atoms with E-state index in [2.05, 4.69) is 22.2 Å². The number of rotatable bonds is 5. The van der Waals surface area contributed by atoms with Gasteiger partial charge < -0.3 is 15.4 Å². The Kier molecular flexibility index (Phi) is 3.95. The molecule has 0 spiro atoms. The first-order valence-corrected chi connectivity index (χ1v) is 7.67. The monoisotopic (exact) mass is 293 g/mol. The lowest BCUT2D eigenvalue weighted by Gasteiger charge is -2.35. The highest BCUT2D eigenvalue weighted by molar-refractivity contribution is 5.18. The smallest absolute Gasteiger partial charge is 0.342 e. The Morgan fingerprint density at radius 1 is 1.48 bits per heavy atom. The van der Waals surface area contributed by atoms with Crippen molar-refractivity contribution in [2.45, 2.75) is 57.3 Å². The molecule has 7 nitrogen and oxygen atoms in total. The second kappa shape index (κ2) is 5.73. The molecule has 0 radical (unpaired) electrons. The van der Waals surface area contributed by atoms with Crippen LogP contribution in [0, 0.1) is 17.0 Å². The molecule has 21 heavy (non-hydrogen) atoms. The van der Waals surface area contributed by atoms with Crippen molar-refractivity contribution in [1.29, 1.82) is 0 Å². The van der Waals surface area contributed by atoms with Crippen molar-refractivity contribution in [2.24, 2.45) is 0 Å². The number of hydrogen-bond acceptors (Lipinski definition) is 5. The molecule has 3 heterocycles. The summed E-state index contributed by atoms with van der Waals surface area (Å²) in [7, 11) is 2.13. The standard InChI is InChI=1S/C14H23N5O2/c1-10-15-9-14(19(20)21)18(10)6-5-17(2)13-7-11-3-4-12(8-13)16-11/h9,11-13,16H,3-8H2,1-2H3. The van der Waals surface area contributed by atoms with Gasteiger partial charge in [0.1, 0.15) is 12.7 Å². The maximum Gasteiger partial charge on any atom is 0.342 e. The van der Waals surface area contributed by atoms with Crippen LogP contribution in [0.3, 0.4) is 0 Å². The molecule has 2 bridgehead atoms. The average molecular weight is 293 g/mol. The van der Waals surface area contributed by atoms with Crippen LogP contribution < -0.4 is 5.32 Å². The molecule has 2 fully saturated rings. The first-order valence-electron chi connectivity index (χ1n) is 7.67. The first kappa shape index (κ1) is 14.5. The van der Waals surface area contributed by atoms with Gasteiger partial charge in [0.2, 0.25) is 0 Å². The van der Waals surface area contributed by atoms with Gasteiger partial charge >= 0.3 is 5.82 Å². The summed E-state index contributed by atoms with van der Waals surface area (Å²) in [5, 5.41) is 14.6. The molecular weight excluding hydrogens is 270 g/mol. The summed E-state index contributed by atoms with van der Waals surface area (Å²) in [5.41, 5.74) is 0. The topological polar surface area (TPSA) is 76.2 Å². The number of nitrogens with zero attached hydrogens (tertiary/aromatic N) is 4. The summed E-state index contributed by atoms with van der Waals surface area (Å²) in [6.45, 7) is 3.26. The number of likely N-dealkylation sites (N-methyl/N-ethyl adjacent to an activating group) is 1. The van der Waals surface area contributed by atoms with Gasteiger partial charge in [0.05, 0.1) is 0 Å². The third-order valence-corrected chi connectivity index (χ3v) is 4.97. The molecule has 1 aromatic rings. The van der Waals surface area contributed by atoms with E-state index in [0.717, 1.165) is 6.54 Å². The molecule has 2 aliphatic rings.